The van der Waals surface area contributed by atoms with Crippen molar-refractivity contribution in [3.05, 3.63) is 60.8 Å². The van der Waals surface area contributed by atoms with Crippen molar-refractivity contribution >= 4 is 16.7 Å². The Balaban J connectivity index is 2.00. The van der Waals surface area contributed by atoms with Crippen molar-refractivity contribution in [2.24, 2.45) is 0 Å². The molecule has 0 aliphatic carbocycles. The summed E-state index contributed by atoms with van der Waals surface area (Å²) in [7, 11) is 0. The van der Waals surface area contributed by atoms with E-state index in [1.807, 2.05) is 36.4 Å². The lowest BCUT2D eigenvalue weighted by Crippen LogP contribution is -2.04. The van der Waals surface area contributed by atoms with Gasteiger partial charge in [-0.3, -0.25) is 15.0 Å². The molecule has 0 fully saturated rings. The van der Waals surface area contributed by atoms with Crippen LogP contribution >= 0.6 is 0 Å². The maximum Gasteiger partial charge on any atom is 0.183 e. The molecule has 4 rings (SSSR count). The molecule has 0 radical (unpaired) electrons. The first kappa shape index (κ1) is 14.7. The minimum atomic E-state index is 0.0642. The quantitative estimate of drug-likeness (QED) is 0.602. The fraction of sp³-hybridized carbons (Fsp3) is 0. The number of hydrogen-bond donors (Lipinski definition) is 1. The first-order chi connectivity index (χ1) is 12.3. The van der Waals surface area contributed by atoms with Crippen LogP contribution in [0.4, 0.5) is 5.82 Å². The molecule has 0 aliphatic heterocycles. The van der Waals surface area contributed by atoms with E-state index < -0.39 is 0 Å². The largest absolute Gasteiger partial charge is 0.381 e. The molecule has 0 aliphatic rings. The normalized spacial score (nSPS) is 10.5. The molecule has 118 valence electrons. The van der Waals surface area contributed by atoms with Crippen LogP contribution in [0.3, 0.4) is 0 Å². The van der Waals surface area contributed by atoms with Crippen LogP contribution in [0.25, 0.3) is 33.5 Å². The highest BCUT2D eigenvalue weighted by molar-refractivity contribution is 5.87. The Morgan fingerprint density at radius 3 is 2.68 bits per heavy atom. The summed E-state index contributed by atoms with van der Waals surface area (Å²) in [6, 6.07) is 11.5. The molecule has 2 N–H and O–H groups in total. The number of aromatic nitrogens is 5. The predicted octanol–water partition coefficient (Wildman–Crippen LogP) is 2.60. The Morgan fingerprint density at radius 2 is 1.88 bits per heavy atom. The molecular formula is C18H11N7. The second-order valence-corrected chi connectivity index (χ2v) is 5.27. The smallest absolute Gasteiger partial charge is 0.183 e. The van der Waals surface area contributed by atoms with Gasteiger partial charge in [0.25, 0.3) is 0 Å². The van der Waals surface area contributed by atoms with Gasteiger partial charge in [-0.15, -0.1) is 0 Å². The third kappa shape index (κ3) is 2.62. The topological polar surface area (TPSA) is 114 Å². The number of nitrogen functional groups attached to an aromatic ring is 1. The first-order valence-electron chi connectivity index (χ1n) is 7.45. The van der Waals surface area contributed by atoms with Gasteiger partial charge in [-0.2, -0.15) is 5.26 Å². The summed E-state index contributed by atoms with van der Waals surface area (Å²) in [5.74, 6) is 0.0642. The number of hydrogen-bond acceptors (Lipinski definition) is 7. The number of rotatable bonds is 2. The van der Waals surface area contributed by atoms with E-state index in [9.17, 15) is 5.26 Å². The van der Waals surface area contributed by atoms with E-state index in [4.69, 9.17) is 5.73 Å². The zero-order valence-electron chi connectivity index (χ0n) is 13.0. The highest BCUT2D eigenvalue weighted by atomic mass is 14.9. The highest BCUT2D eigenvalue weighted by Crippen LogP contribution is 2.30. The SMILES string of the molecule is N#Cc1nc(-c2ccc3ncccc3c2)c(-c2cnccn2)nc1N. The van der Waals surface area contributed by atoms with E-state index in [1.165, 1.54) is 0 Å². The van der Waals surface area contributed by atoms with Gasteiger partial charge >= 0.3 is 0 Å². The molecule has 1 aromatic carbocycles. The lowest BCUT2D eigenvalue weighted by atomic mass is 10.0. The van der Waals surface area contributed by atoms with Gasteiger partial charge in [0.15, 0.2) is 11.5 Å². The monoisotopic (exact) mass is 325 g/mol. The molecule has 0 unspecified atom stereocenters. The van der Waals surface area contributed by atoms with E-state index in [-0.39, 0.29) is 11.5 Å². The summed E-state index contributed by atoms with van der Waals surface area (Å²) in [5.41, 5.74) is 9.14. The third-order valence-electron chi connectivity index (χ3n) is 3.71. The standard InChI is InChI=1S/C18H11N7/c19-9-14-18(20)25-17(15-10-21-6-7-23-15)16(24-14)12-3-4-13-11(8-12)2-1-5-22-13/h1-8,10H,(H2,20,25). The zero-order valence-corrected chi connectivity index (χ0v) is 13.0. The lowest BCUT2D eigenvalue weighted by Gasteiger charge is -2.10. The van der Waals surface area contributed by atoms with Crippen LogP contribution in [0.1, 0.15) is 5.69 Å². The van der Waals surface area contributed by atoms with E-state index in [1.54, 1.807) is 24.8 Å². The molecular weight excluding hydrogens is 314 g/mol. The second-order valence-electron chi connectivity index (χ2n) is 5.27. The molecule has 4 aromatic rings. The Bertz CT molecular complexity index is 1120. The van der Waals surface area contributed by atoms with Gasteiger partial charge in [0, 0.05) is 29.5 Å². The van der Waals surface area contributed by atoms with E-state index in [0.717, 1.165) is 16.5 Å². The van der Waals surface area contributed by atoms with Crippen LogP contribution in [0.2, 0.25) is 0 Å². The number of nitrogens with two attached hydrogens (primary N) is 1. The van der Waals surface area contributed by atoms with Crippen LogP contribution < -0.4 is 5.73 Å². The summed E-state index contributed by atoms with van der Waals surface area (Å²) in [6.45, 7) is 0. The Morgan fingerprint density at radius 1 is 0.960 bits per heavy atom. The number of nitriles is 1. The van der Waals surface area contributed by atoms with Crippen LogP contribution in [-0.4, -0.2) is 24.9 Å². The number of pyridine rings is 1. The second kappa shape index (κ2) is 5.94. The van der Waals surface area contributed by atoms with Crippen LogP contribution in [-0.2, 0) is 0 Å². The molecule has 3 aromatic heterocycles. The summed E-state index contributed by atoms with van der Waals surface area (Å²) < 4.78 is 0. The van der Waals surface area contributed by atoms with Gasteiger partial charge in [-0.25, -0.2) is 9.97 Å². The van der Waals surface area contributed by atoms with Gasteiger partial charge in [0.05, 0.1) is 17.4 Å². The number of nitrogens with zero attached hydrogens (tertiary/aromatic N) is 6. The van der Waals surface area contributed by atoms with Crippen molar-refractivity contribution in [1.29, 1.82) is 5.26 Å². The van der Waals surface area contributed by atoms with Crippen LogP contribution in [0.5, 0.6) is 0 Å². The molecule has 0 saturated heterocycles. The third-order valence-corrected chi connectivity index (χ3v) is 3.71. The lowest BCUT2D eigenvalue weighted by molar-refractivity contribution is 1.14. The van der Waals surface area contributed by atoms with Crippen LogP contribution in [0.15, 0.2) is 55.1 Å². The van der Waals surface area contributed by atoms with Gasteiger partial charge in [-0.05, 0) is 18.2 Å². The molecule has 3 heterocycles. The van der Waals surface area contributed by atoms with Gasteiger partial charge in [-0.1, -0.05) is 12.1 Å². The average Bonchev–Trinajstić information content (AvgIpc) is 2.68. The first-order valence-corrected chi connectivity index (χ1v) is 7.45. The van der Waals surface area contributed by atoms with E-state index in [2.05, 4.69) is 24.9 Å². The van der Waals surface area contributed by atoms with Crippen molar-refractivity contribution in [1.82, 2.24) is 24.9 Å². The van der Waals surface area contributed by atoms with Crippen molar-refractivity contribution in [2.45, 2.75) is 0 Å². The summed E-state index contributed by atoms with van der Waals surface area (Å²) >= 11 is 0. The maximum atomic E-state index is 9.25. The Hall–Kier alpha value is -3.92. The van der Waals surface area contributed by atoms with Gasteiger partial charge < -0.3 is 5.73 Å². The van der Waals surface area contributed by atoms with Crippen molar-refractivity contribution < 1.29 is 0 Å². The molecule has 0 amide bonds. The highest BCUT2D eigenvalue weighted by Gasteiger charge is 2.16. The maximum absolute atomic E-state index is 9.25. The summed E-state index contributed by atoms with van der Waals surface area (Å²) in [5, 5.41) is 10.2. The van der Waals surface area contributed by atoms with Crippen molar-refractivity contribution in [3.63, 3.8) is 0 Å². The Labute approximate surface area is 142 Å². The fourth-order valence-corrected chi connectivity index (χ4v) is 2.55. The molecule has 25 heavy (non-hydrogen) atoms. The van der Waals surface area contributed by atoms with Gasteiger partial charge in [0.1, 0.15) is 17.5 Å². The minimum absolute atomic E-state index is 0.0642. The van der Waals surface area contributed by atoms with Crippen molar-refractivity contribution in [2.75, 3.05) is 5.73 Å². The zero-order chi connectivity index (χ0) is 17.2. The molecule has 0 atom stereocenters. The van der Waals surface area contributed by atoms with Gasteiger partial charge in [0.2, 0.25) is 0 Å². The predicted molar refractivity (Wildman–Crippen MR) is 92.9 cm³/mol. The van der Waals surface area contributed by atoms with E-state index >= 15 is 0 Å². The average molecular weight is 325 g/mol. The van der Waals surface area contributed by atoms with Crippen molar-refractivity contribution in [3.8, 4) is 28.7 Å². The molecule has 0 bridgehead atoms. The molecule has 0 spiro atoms. The molecule has 0 saturated carbocycles. The summed E-state index contributed by atoms with van der Waals surface area (Å²) in [4.78, 5) is 21.4. The Kier molecular flexibility index (Phi) is 3.48. The molecule has 7 nitrogen and oxygen atoms in total. The van der Waals surface area contributed by atoms with E-state index in [0.29, 0.717) is 17.1 Å². The number of anilines is 1. The number of fused-ring (bicyclic) bond motifs is 1. The minimum Gasteiger partial charge on any atom is -0.381 e. The number of benzene rings is 1. The van der Waals surface area contributed by atoms with Crippen LogP contribution in [0, 0.1) is 11.3 Å². The molecule has 7 heteroatoms. The summed E-state index contributed by atoms with van der Waals surface area (Å²) in [6.07, 6.45) is 6.47. The fourth-order valence-electron chi connectivity index (χ4n) is 2.55.